The van der Waals surface area contributed by atoms with Crippen LogP contribution in [-0.4, -0.2) is 21.1 Å². The smallest absolute Gasteiger partial charge is 0.108 e. The Kier molecular flexibility index (Phi) is 5.30. The molecule has 0 amide bonds. The fraction of sp³-hybridized carbons (Fsp3) is 0.500. The van der Waals surface area contributed by atoms with E-state index in [4.69, 9.17) is 0 Å². The van der Waals surface area contributed by atoms with E-state index in [9.17, 15) is 0 Å². The minimum atomic E-state index is 0.370. The van der Waals surface area contributed by atoms with E-state index in [0.29, 0.717) is 6.04 Å². The highest BCUT2D eigenvalue weighted by Crippen LogP contribution is 2.22. The van der Waals surface area contributed by atoms with Gasteiger partial charge in [0.15, 0.2) is 0 Å². The molecule has 2 aromatic rings. The van der Waals surface area contributed by atoms with Gasteiger partial charge in [0.05, 0.1) is 0 Å². The zero-order valence-electron chi connectivity index (χ0n) is 12.6. The van der Waals surface area contributed by atoms with Crippen molar-refractivity contribution in [2.45, 2.75) is 39.2 Å². The molecule has 108 valence electrons. The van der Waals surface area contributed by atoms with Crippen LogP contribution in [0, 0.1) is 0 Å². The van der Waals surface area contributed by atoms with E-state index in [1.54, 1.807) is 0 Å². The lowest BCUT2D eigenvalue weighted by Crippen LogP contribution is -2.23. The second-order valence-electron chi connectivity index (χ2n) is 5.03. The molecule has 4 heteroatoms. The lowest BCUT2D eigenvalue weighted by Gasteiger charge is -2.20. The Labute approximate surface area is 121 Å². The maximum absolute atomic E-state index is 4.41. The minimum Gasteiger partial charge on any atom is -0.338 e. The van der Waals surface area contributed by atoms with Gasteiger partial charge < -0.3 is 9.88 Å². The Morgan fingerprint density at radius 2 is 2.15 bits per heavy atom. The molecule has 2 heterocycles. The van der Waals surface area contributed by atoms with Crippen molar-refractivity contribution < 1.29 is 0 Å². The van der Waals surface area contributed by atoms with Crippen LogP contribution in [0.25, 0.3) is 0 Å². The number of rotatable bonds is 7. The van der Waals surface area contributed by atoms with Crippen LogP contribution < -0.4 is 5.32 Å². The van der Waals surface area contributed by atoms with E-state index in [2.05, 4.69) is 46.8 Å². The monoisotopic (exact) mass is 272 g/mol. The van der Waals surface area contributed by atoms with Crippen LogP contribution in [-0.2, 0) is 19.9 Å². The summed E-state index contributed by atoms with van der Waals surface area (Å²) >= 11 is 0. The predicted molar refractivity (Wildman–Crippen MR) is 81.6 cm³/mol. The molecule has 0 radical (unpaired) electrons. The van der Waals surface area contributed by atoms with Gasteiger partial charge in [-0.2, -0.15) is 0 Å². The number of imidazole rings is 1. The number of nitrogens with zero attached hydrogens (tertiary/aromatic N) is 3. The molecule has 0 fully saturated rings. The lowest BCUT2D eigenvalue weighted by molar-refractivity contribution is 0.502. The Morgan fingerprint density at radius 1 is 1.30 bits per heavy atom. The fourth-order valence-corrected chi connectivity index (χ4v) is 2.60. The molecule has 20 heavy (non-hydrogen) atoms. The second kappa shape index (κ2) is 7.20. The van der Waals surface area contributed by atoms with Crippen LogP contribution in [0.15, 0.2) is 30.9 Å². The maximum Gasteiger partial charge on any atom is 0.108 e. The van der Waals surface area contributed by atoms with E-state index in [1.165, 1.54) is 11.1 Å². The number of aryl methyl sites for hydroxylation is 3. The molecule has 2 aromatic heterocycles. The molecule has 1 atom stereocenters. The first-order valence-electron chi connectivity index (χ1n) is 7.38. The average molecular weight is 272 g/mol. The SMILES string of the molecule is CCNC(CCc1nccn1C)c1ccncc1CC. The molecule has 0 spiro atoms. The fourth-order valence-electron chi connectivity index (χ4n) is 2.60. The first-order chi connectivity index (χ1) is 9.76. The molecule has 0 bridgehead atoms. The Bertz CT molecular complexity index is 533. The molecular weight excluding hydrogens is 248 g/mol. The summed E-state index contributed by atoms with van der Waals surface area (Å²) in [7, 11) is 2.05. The van der Waals surface area contributed by atoms with Crippen molar-refractivity contribution in [3.05, 3.63) is 47.8 Å². The normalized spacial score (nSPS) is 12.6. The average Bonchev–Trinajstić information content (AvgIpc) is 2.89. The standard InChI is InChI=1S/C16H24N4/c1-4-13-12-17-9-8-14(13)15(18-5-2)6-7-16-19-10-11-20(16)3/h8-12,15,18H,4-7H2,1-3H3. The summed E-state index contributed by atoms with van der Waals surface area (Å²) in [6, 6.07) is 2.51. The summed E-state index contributed by atoms with van der Waals surface area (Å²) in [5.74, 6) is 1.14. The molecule has 0 aliphatic heterocycles. The Morgan fingerprint density at radius 3 is 2.80 bits per heavy atom. The number of pyridine rings is 1. The third-order valence-electron chi connectivity index (χ3n) is 3.73. The summed E-state index contributed by atoms with van der Waals surface area (Å²) in [4.78, 5) is 8.65. The quantitative estimate of drug-likeness (QED) is 0.842. The Hall–Kier alpha value is -1.68. The van der Waals surface area contributed by atoms with Crippen LogP contribution in [0.2, 0.25) is 0 Å². The van der Waals surface area contributed by atoms with Crippen molar-refractivity contribution in [1.82, 2.24) is 19.9 Å². The zero-order chi connectivity index (χ0) is 14.4. The van der Waals surface area contributed by atoms with Crippen molar-refractivity contribution in [3.8, 4) is 0 Å². The van der Waals surface area contributed by atoms with Crippen molar-refractivity contribution >= 4 is 0 Å². The lowest BCUT2D eigenvalue weighted by atomic mass is 9.97. The van der Waals surface area contributed by atoms with Gasteiger partial charge in [-0.05, 0) is 36.6 Å². The van der Waals surface area contributed by atoms with E-state index in [0.717, 1.165) is 31.6 Å². The van der Waals surface area contributed by atoms with Crippen molar-refractivity contribution in [2.24, 2.45) is 7.05 Å². The summed E-state index contributed by atoms with van der Waals surface area (Å²) in [6.07, 6.45) is 10.8. The molecular formula is C16H24N4. The van der Waals surface area contributed by atoms with Crippen LogP contribution >= 0.6 is 0 Å². The van der Waals surface area contributed by atoms with E-state index >= 15 is 0 Å². The summed E-state index contributed by atoms with van der Waals surface area (Å²) in [6.45, 7) is 5.31. The second-order valence-corrected chi connectivity index (χ2v) is 5.03. The summed E-state index contributed by atoms with van der Waals surface area (Å²) in [5.41, 5.74) is 2.71. The molecule has 0 aliphatic carbocycles. The molecule has 1 unspecified atom stereocenters. The van der Waals surface area contributed by atoms with Gasteiger partial charge in [0.1, 0.15) is 5.82 Å². The van der Waals surface area contributed by atoms with Crippen molar-refractivity contribution in [2.75, 3.05) is 6.54 Å². The van der Waals surface area contributed by atoms with E-state index < -0.39 is 0 Å². The third kappa shape index (κ3) is 3.45. The highest BCUT2D eigenvalue weighted by atomic mass is 15.0. The van der Waals surface area contributed by atoms with E-state index in [1.807, 2.05) is 24.8 Å². The highest BCUT2D eigenvalue weighted by molar-refractivity contribution is 5.27. The topological polar surface area (TPSA) is 42.7 Å². The highest BCUT2D eigenvalue weighted by Gasteiger charge is 2.14. The largest absolute Gasteiger partial charge is 0.338 e. The van der Waals surface area contributed by atoms with Crippen LogP contribution in [0.3, 0.4) is 0 Å². The van der Waals surface area contributed by atoms with Gasteiger partial charge in [-0.25, -0.2) is 4.98 Å². The van der Waals surface area contributed by atoms with Crippen molar-refractivity contribution in [3.63, 3.8) is 0 Å². The number of nitrogens with one attached hydrogen (secondary N) is 1. The minimum absolute atomic E-state index is 0.370. The van der Waals surface area contributed by atoms with Crippen LogP contribution in [0.5, 0.6) is 0 Å². The Balaban J connectivity index is 2.12. The molecule has 4 nitrogen and oxygen atoms in total. The molecule has 0 aliphatic rings. The number of aromatic nitrogens is 3. The van der Waals surface area contributed by atoms with Gasteiger partial charge in [0, 0.05) is 44.3 Å². The zero-order valence-corrected chi connectivity index (χ0v) is 12.6. The first-order valence-corrected chi connectivity index (χ1v) is 7.38. The first kappa shape index (κ1) is 14.7. The van der Waals surface area contributed by atoms with Gasteiger partial charge in [-0.15, -0.1) is 0 Å². The van der Waals surface area contributed by atoms with E-state index in [-0.39, 0.29) is 0 Å². The predicted octanol–water partition coefficient (Wildman–Crippen LogP) is 2.66. The van der Waals surface area contributed by atoms with Crippen LogP contribution in [0.1, 0.15) is 43.3 Å². The van der Waals surface area contributed by atoms with Gasteiger partial charge in [-0.1, -0.05) is 13.8 Å². The molecule has 2 rings (SSSR count). The van der Waals surface area contributed by atoms with Gasteiger partial charge in [0.25, 0.3) is 0 Å². The van der Waals surface area contributed by atoms with Crippen molar-refractivity contribution in [1.29, 1.82) is 0 Å². The number of hydrogen-bond acceptors (Lipinski definition) is 3. The molecule has 0 saturated heterocycles. The summed E-state index contributed by atoms with van der Waals surface area (Å²) < 4.78 is 2.09. The molecule has 0 saturated carbocycles. The van der Waals surface area contributed by atoms with Crippen LogP contribution in [0.4, 0.5) is 0 Å². The third-order valence-corrected chi connectivity index (χ3v) is 3.73. The maximum atomic E-state index is 4.41. The molecule has 1 N–H and O–H groups in total. The molecule has 0 aromatic carbocycles. The summed E-state index contributed by atoms with van der Waals surface area (Å²) in [5, 5.41) is 3.59. The van der Waals surface area contributed by atoms with Gasteiger partial charge >= 0.3 is 0 Å². The van der Waals surface area contributed by atoms with Gasteiger partial charge in [0.2, 0.25) is 0 Å². The number of hydrogen-bond donors (Lipinski definition) is 1. The van der Waals surface area contributed by atoms with Gasteiger partial charge in [-0.3, -0.25) is 4.98 Å².